The van der Waals surface area contributed by atoms with Crippen LogP contribution in [0.1, 0.15) is 37.7 Å². The van der Waals surface area contributed by atoms with Crippen molar-refractivity contribution >= 4 is 17.4 Å². The predicted molar refractivity (Wildman–Crippen MR) is 130 cm³/mol. The van der Waals surface area contributed by atoms with Gasteiger partial charge < -0.3 is 21.5 Å². The molecular weight excluding hydrogens is 416 g/mol. The molecule has 0 aliphatic heterocycles. The van der Waals surface area contributed by atoms with Crippen molar-refractivity contribution in [3.8, 4) is 17.0 Å². The van der Waals surface area contributed by atoms with Gasteiger partial charge in [-0.15, -0.1) is 5.10 Å². The van der Waals surface area contributed by atoms with Gasteiger partial charge in [-0.2, -0.15) is 0 Å². The molecule has 0 atom stereocenters. The monoisotopic (exact) mass is 446 g/mol. The van der Waals surface area contributed by atoms with Crippen molar-refractivity contribution in [2.45, 2.75) is 44.7 Å². The Hall–Kier alpha value is -3.72. The highest BCUT2D eigenvalue weighted by Crippen LogP contribution is 2.20. The van der Waals surface area contributed by atoms with Gasteiger partial charge in [0, 0.05) is 30.5 Å². The molecule has 33 heavy (non-hydrogen) atoms. The summed E-state index contributed by atoms with van der Waals surface area (Å²) in [5.41, 5.74) is 14.8. The summed E-state index contributed by atoms with van der Waals surface area (Å²) < 4.78 is 6.83. The third kappa shape index (κ3) is 5.95. The Morgan fingerprint density at radius 2 is 1.70 bits per heavy atom. The minimum Gasteiger partial charge on any atom is -0.497 e. The van der Waals surface area contributed by atoms with Crippen molar-refractivity contribution in [2.75, 3.05) is 18.2 Å². The van der Waals surface area contributed by atoms with E-state index in [-0.39, 0.29) is 0 Å². The molecule has 3 aromatic heterocycles. The van der Waals surface area contributed by atoms with E-state index < -0.39 is 0 Å². The van der Waals surface area contributed by atoms with Crippen LogP contribution in [0.3, 0.4) is 0 Å². The maximum Gasteiger partial charge on any atom is 0.222 e. The van der Waals surface area contributed by atoms with E-state index in [0.29, 0.717) is 24.4 Å². The molecule has 0 saturated heterocycles. The number of methoxy groups -OCH3 is 1. The highest BCUT2D eigenvalue weighted by atomic mass is 16.5. The summed E-state index contributed by atoms with van der Waals surface area (Å²) in [6.07, 6.45) is 11.9. The van der Waals surface area contributed by atoms with E-state index in [1.54, 1.807) is 36.3 Å². The highest BCUT2D eigenvalue weighted by molar-refractivity contribution is 5.62. The fourth-order valence-electron chi connectivity index (χ4n) is 3.69. The Morgan fingerprint density at radius 1 is 0.970 bits per heavy atom. The largest absolute Gasteiger partial charge is 0.497 e. The molecule has 172 valence electrons. The highest BCUT2D eigenvalue weighted by Gasteiger charge is 2.09. The van der Waals surface area contributed by atoms with E-state index in [0.717, 1.165) is 28.2 Å². The van der Waals surface area contributed by atoms with Gasteiger partial charge in [0.25, 0.3) is 0 Å². The topological polar surface area (TPSA) is 129 Å². The van der Waals surface area contributed by atoms with Crippen LogP contribution in [0.25, 0.3) is 16.9 Å². The van der Waals surface area contributed by atoms with Crippen LogP contribution in [0.5, 0.6) is 5.75 Å². The fraction of sp³-hybridized carbons (Fsp3) is 0.333. The standard InChI is InChI=1S/C18H17N7O.C6H13N/c1-26-14-4-2-12(3-5-14)8-21-18-22-9-13(10-23-18)15-11-20-17-7-6-16(19)24-25(15)17;7-6-4-2-1-3-5-6/h2-7,9-11H,8H2,1H3,(H2,19,24)(H,21,22,23);6H,1-5,7H2. The average molecular weight is 447 g/mol. The van der Waals surface area contributed by atoms with E-state index in [4.69, 9.17) is 16.2 Å². The smallest absolute Gasteiger partial charge is 0.222 e. The number of imidazole rings is 1. The molecule has 0 unspecified atom stereocenters. The Morgan fingerprint density at radius 3 is 2.33 bits per heavy atom. The lowest BCUT2D eigenvalue weighted by Gasteiger charge is -2.15. The number of nitrogen functional groups attached to an aromatic ring is 1. The number of nitrogens with two attached hydrogens (primary N) is 2. The Kier molecular flexibility index (Phi) is 7.31. The quantitative estimate of drug-likeness (QED) is 0.423. The van der Waals surface area contributed by atoms with Crippen LogP contribution < -0.4 is 21.5 Å². The molecule has 1 aromatic carbocycles. The molecule has 9 heteroatoms. The molecule has 1 saturated carbocycles. The number of nitrogens with zero attached hydrogens (tertiary/aromatic N) is 5. The molecular formula is C24H30N8O. The van der Waals surface area contributed by atoms with Gasteiger partial charge in [-0.05, 0) is 42.7 Å². The van der Waals surface area contributed by atoms with E-state index in [9.17, 15) is 0 Å². The SMILES string of the molecule is COc1ccc(CNc2ncc(-c3cnc4ccc(N)nn34)cn2)cc1.NC1CCCCC1. The number of rotatable bonds is 5. The van der Waals surface area contributed by atoms with Crippen molar-refractivity contribution in [1.82, 2.24) is 24.6 Å². The number of fused-ring (bicyclic) bond motifs is 1. The number of ether oxygens (including phenoxy) is 1. The maximum absolute atomic E-state index is 5.76. The second-order valence-electron chi connectivity index (χ2n) is 8.07. The summed E-state index contributed by atoms with van der Waals surface area (Å²) in [7, 11) is 1.65. The molecule has 3 heterocycles. The minimum absolute atomic E-state index is 0.426. The number of anilines is 2. The van der Waals surface area contributed by atoms with E-state index in [1.165, 1.54) is 32.1 Å². The summed E-state index contributed by atoms with van der Waals surface area (Å²) in [5.74, 6) is 1.80. The van der Waals surface area contributed by atoms with Crippen LogP contribution in [0, 0.1) is 0 Å². The van der Waals surface area contributed by atoms with Crippen molar-refractivity contribution in [1.29, 1.82) is 0 Å². The van der Waals surface area contributed by atoms with Gasteiger partial charge in [0.1, 0.15) is 11.6 Å². The van der Waals surface area contributed by atoms with Crippen LogP contribution >= 0.6 is 0 Å². The number of benzene rings is 1. The first kappa shape index (κ1) is 22.5. The zero-order chi connectivity index (χ0) is 23.0. The van der Waals surface area contributed by atoms with Crippen LogP contribution in [-0.2, 0) is 6.54 Å². The number of hydrogen-bond acceptors (Lipinski definition) is 8. The van der Waals surface area contributed by atoms with E-state index >= 15 is 0 Å². The number of hydrogen-bond donors (Lipinski definition) is 3. The van der Waals surface area contributed by atoms with E-state index in [2.05, 4.69) is 25.4 Å². The Labute approximate surface area is 193 Å². The molecule has 0 radical (unpaired) electrons. The number of nitrogens with one attached hydrogen (secondary N) is 1. The first-order chi connectivity index (χ1) is 16.1. The molecule has 0 spiro atoms. The van der Waals surface area contributed by atoms with Gasteiger partial charge in [-0.25, -0.2) is 19.5 Å². The summed E-state index contributed by atoms with van der Waals surface area (Å²) in [5, 5.41) is 7.47. The van der Waals surface area contributed by atoms with Crippen LogP contribution in [0.15, 0.2) is 55.0 Å². The molecule has 0 bridgehead atoms. The zero-order valence-electron chi connectivity index (χ0n) is 18.8. The summed E-state index contributed by atoms with van der Waals surface area (Å²) in [4.78, 5) is 13.0. The zero-order valence-corrected chi connectivity index (χ0v) is 18.8. The first-order valence-corrected chi connectivity index (χ1v) is 11.2. The average Bonchev–Trinajstić information content (AvgIpc) is 3.27. The van der Waals surface area contributed by atoms with Gasteiger partial charge in [0.05, 0.1) is 19.0 Å². The lowest BCUT2D eigenvalue weighted by atomic mass is 9.97. The minimum atomic E-state index is 0.426. The van der Waals surface area contributed by atoms with E-state index in [1.807, 2.05) is 30.3 Å². The summed E-state index contributed by atoms with van der Waals surface area (Å²) in [6, 6.07) is 11.9. The van der Waals surface area contributed by atoms with Gasteiger partial charge in [-0.3, -0.25) is 0 Å². The van der Waals surface area contributed by atoms with Gasteiger partial charge in [0.2, 0.25) is 5.95 Å². The summed E-state index contributed by atoms with van der Waals surface area (Å²) >= 11 is 0. The number of aromatic nitrogens is 5. The second-order valence-corrected chi connectivity index (χ2v) is 8.07. The summed E-state index contributed by atoms with van der Waals surface area (Å²) in [6.45, 7) is 0.622. The van der Waals surface area contributed by atoms with Crippen molar-refractivity contribution in [3.05, 3.63) is 60.6 Å². The van der Waals surface area contributed by atoms with Gasteiger partial charge in [-0.1, -0.05) is 31.4 Å². The van der Waals surface area contributed by atoms with Crippen molar-refractivity contribution < 1.29 is 4.74 Å². The molecule has 9 nitrogen and oxygen atoms in total. The molecule has 1 fully saturated rings. The van der Waals surface area contributed by atoms with Crippen molar-refractivity contribution in [3.63, 3.8) is 0 Å². The Balaban J connectivity index is 0.000000318. The lowest BCUT2D eigenvalue weighted by molar-refractivity contribution is 0.414. The molecule has 0 amide bonds. The molecule has 1 aliphatic rings. The predicted octanol–water partition coefficient (Wildman–Crippen LogP) is 3.67. The van der Waals surface area contributed by atoms with Crippen LogP contribution in [0.2, 0.25) is 0 Å². The maximum atomic E-state index is 5.76. The van der Waals surface area contributed by atoms with Gasteiger partial charge in [0.15, 0.2) is 5.65 Å². The second kappa shape index (κ2) is 10.7. The first-order valence-electron chi connectivity index (χ1n) is 11.2. The third-order valence-electron chi connectivity index (χ3n) is 5.59. The van der Waals surface area contributed by atoms with Crippen molar-refractivity contribution in [2.24, 2.45) is 5.73 Å². The van der Waals surface area contributed by atoms with Crippen LogP contribution in [0.4, 0.5) is 11.8 Å². The third-order valence-corrected chi connectivity index (χ3v) is 5.59. The molecule has 1 aliphatic carbocycles. The normalized spacial score (nSPS) is 13.9. The molecule has 5 N–H and O–H groups in total. The van der Waals surface area contributed by atoms with Gasteiger partial charge >= 0.3 is 0 Å². The van der Waals surface area contributed by atoms with Crippen LogP contribution in [-0.4, -0.2) is 37.7 Å². The fourth-order valence-corrected chi connectivity index (χ4v) is 3.69. The lowest BCUT2D eigenvalue weighted by Crippen LogP contribution is -2.22. The molecule has 4 aromatic rings. The Bertz CT molecular complexity index is 1150. The molecule has 5 rings (SSSR count).